The van der Waals surface area contributed by atoms with Gasteiger partial charge in [-0.25, -0.2) is 0 Å². The molecule has 0 fully saturated rings. The van der Waals surface area contributed by atoms with Gasteiger partial charge in [-0.3, -0.25) is 9.65 Å². The Hall–Kier alpha value is -1.29. The zero-order valence-electron chi connectivity index (χ0n) is 11.2. The van der Waals surface area contributed by atoms with Crippen molar-refractivity contribution in [3.05, 3.63) is 35.9 Å². The van der Waals surface area contributed by atoms with Crippen LogP contribution < -0.4 is 5.09 Å². The van der Waals surface area contributed by atoms with E-state index in [-0.39, 0.29) is 5.56 Å². The molecular weight excluding hydrogens is 383 g/mol. The van der Waals surface area contributed by atoms with Gasteiger partial charge in [0, 0.05) is 6.54 Å². The molecule has 0 amide bonds. The molecule has 0 unspecified atom stereocenters. The third-order valence-electron chi connectivity index (χ3n) is 2.82. The van der Waals surface area contributed by atoms with Gasteiger partial charge in [-0.15, -0.1) is 0 Å². The lowest BCUT2D eigenvalue weighted by Gasteiger charge is -2.35. The Morgan fingerprint density at radius 2 is 1.12 bits per heavy atom. The van der Waals surface area contributed by atoms with E-state index in [1.54, 1.807) is 0 Å². The molecule has 0 saturated heterocycles. The zero-order valence-corrected chi connectivity index (χ0v) is 12.1. The fourth-order valence-electron chi connectivity index (χ4n) is 1.53. The largest absolute Gasteiger partial charge is 0.462 e. The molecule has 0 spiro atoms. The van der Waals surface area contributed by atoms with Gasteiger partial charge in [0.25, 0.3) is 0 Å². The third-order valence-corrected chi connectivity index (χ3v) is 5.51. The average Bonchev–Trinajstić information content (AvgIpc) is 2.43. The zero-order chi connectivity index (χ0) is 19.0. The first kappa shape index (κ1) is 20.8. The smallest absolute Gasteiger partial charge is 0.293 e. The van der Waals surface area contributed by atoms with Gasteiger partial charge < -0.3 is 0 Å². The van der Waals surface area contributed by atoms with Crippen LogP contribution in [0, 0.1) is 0 Å². The molecule has 1 N–H and O–H groups in total. The summed E-state index contributed by atoms with van der Waals surface area (Å²) in [5, 5.41) is 0.622. The first-order valence-corrected chi connectivity index (χ1v) is 7.57. The van der Waals surface area contributed by atoms with E-state index in [1.807, 2.05) is 0 Å². The van der Waals surface area contributed by atoms with E-state index in [9.17, 15) is 48.5 Å². The summed E-state index contributed by atoms with van der Waals surface area (Å²) in [6.45, 7) is -1.32. The Labute approximate surface area is 128 Å². The van der Waals surface area contributed by atoms with Gasteiger partial charge in [-0.05, 0) is 5.56 Å². The maximum Gasteiger partial charge on any atom is 0.462 e. The van der Waals surface area contributed by atoms with Crippen LogP contribution in [0.3, 0.4) is 0 Å². The molecule has 1 aromatic rings. The monoisotopic (exact) mass is 391 g/mol. The second-order valence-corrected chi connectivity index (χ2v) is 7.17. The first-order chi connectivity index (χ1) is 10.6. The number of halogens is 10. The summed E-state index contributed by atoms with van der Waals surface area (Å²) < 4.78 is 139. The summed E-state index contributed by atoms with van der Waals surface area (Å²) in [5.74, 6) is 0. The minimum atomic E-state index is -7.70. The summed E-state index contributed by atoms with van der Waals surface area (Å²) in [7, 11) is -7.70. The van der Waals surface area contributed by atoms with E-state index < -0.39 is 37.5 Å². The first-order valence-electron chi connectivity index (χ1n) is 5.86. The lowest BCUT2D eigenvalue weighted by molar-refractivity contribution is -0.267. The number of benzene rings is 1. The minimum absolute atomic E-state index is 0.228. The molecule has 24 heavy (non-hydrogen) atoms. The second kappa shape index (κ2) is 6.21. The van der Waals surface area contributed by atoms with Gasteiger partial charge in [0.1, 0.15) is 0 Å². The highest BCUT2D eigenvalue weighted by Crippen LogP contribution is 2.74. The highest BCUT2D eigenvalue weighted by Gasteiger charge is 2.83. The molecule has 0 aromatic heterocycles. The van der Waals surface area contributed by atoms with Gasteiger partial charge >= 0.3 is 31.0 Å². The third kappa shape index (κ3) is 3.39. The van der Waals surface area contributed by atoms with Crippen molar-refractivity contribution in [3.63, 3.8) is 0 Å². The van der Waals surface area contributed by atoms with E-state index in [0.717, 1.165) is 12.1 Å². The van der Waals surface area contributed by atoms with Crippen molar-refractivity contribution in [1.82, 2.24) is 5.09 Å². The van der Waals surface area contributed by atoms with Gasteiger partial charge in [-0.2, -0.15) is 43.9 Å². The number of alkyl halides is 10. The van der Waals surface area contributed by atoms with Crippen molar-refractivity contribution < 1.29 is 48.5 Å². The van der Waals surface area contributed by atoms with Crippen LogP contribution in [-0.4, -0.2) is 23.7 Å². The summed E-state index contributed by atoms with van der Waals surface area (Å²) in [6.07, 6.45) is -13.8. The molecule has 0 saturated carbocycles. The van der Waals surface area contributed by atoms with Gasteiger partial charge in [0.2, 0.25) is 0 Å². The SMILES string of the molecule is O=P(NCc1ccccc1)(C(F)(F)C(F)(F)F)C(F)(F)C(F)(F)F. The number of nitrogens with one attached hydrogen (secondary N) is 1. The Balaban J connectivity index is 3.40. The Kier molecular flexibility index (Phi) is 5.37. The highest BCUT2D eigenvalue weighted by atomic mass is 31.2. The fraction of sp³-hybridized carbons (Fsp3) is 0.455. The molecule has 1 aromatic carbocycles. The summed E-state index contributed by atoms with van der Waals surface area (Å²) in [4.78, 5) is 0. The van der Waals surface area contributed by atoms with Gasteiger partial charge in [0.05, 0.1) is 0 Å². The Morgan fingerprint density at radius 3 is 1.46 bits per heavy atom. The average molecular weight is 391 g/mol. The van der Waals surface area contributed by atoms with Crippen LogP contribution in [0.25, 0.3) is 0 Å². The molecule has 2 nitrogen and oxygen atoms in total. The topological polar surface area (TPSA) is 29.1 Å². The summed E-state index contributed by atoms with van der Waals surface area (Å²) >= 11 is 0. The number of rotatable bonds is 5. The molecule has 0 heterocycles. The van der Waals surface area contributed by atoms with Crippen molar-refractivity contribution in [2.45, 2.75) is 30.2 Å². The molecule has 0 aliphatic heterocycles. The standard InChI is InChI=1S/C11H8F10NOP/c12-8(13,14)10(18,19)24(23,11(20,21)9(15,16)17)22-6-7-4-2-1-3-5-7/h1-5H,6H2,(H,22,23). The van der Waals surface area contributed by atoms with Crippen LogP contribution >= 0.6 is 7.29 Å². The van der Waals surface area contributed by atoms with E-state index in [4.69, 9.17) is 0 Å². The predicted molar refractivity (Wildman–Crippen MR) is 62.9 cm³/mol. The van der Waals surface area contributed by atoms with Gasteiger partial charge in [0.15, 0.2) is 0 Å². The molecule has 0 radical (unpaired) electrons. The quantitative estimate of drug-likeness (QED) is 0.541. The van der Waals surface area contributed by atoms with E-state index in [1.165, 1.54) is 18.2 Å². The fourth-order valence-corrected chi connectivity index (χ4v) is 3.40. The number of hydrogen-bond donors (Lipinski definition) is 1. The normalized spacial score (nSPS) is 14.8. The van der Waals surface area contributed by atoms with Crippen LogP contribution in [0.4, 0.5) is 43.9 Å². The van der Waals surface area contributed by atoms with Crippen molar-refractivity contribution in [2.75, 3.05) is 0 Å². The molecule has 0 atom stereocenters. The summed E-state index contributed by atoms with van der Waals surface area (Å²) in [6, 6.07) is 5.86. The molecule has 0 aliphatic rings. The van der Waals surface area contributed by atoms with Crippen LogP contribution in [0.1, 0.15) is 5.56 Å². The van der Waals surface area contributed by atoms with Crippen molar-refractivity contribution in [3.8, 4) is 0 Å². The molecular formula is C11H8F10NOP. The second-order valence-electron chi connectivity index (χ2n) is 4.51. The van der Waals surface area contributed by atoms with E-state index >= 15 is 0 Å². The summed E-state index contributed by atoms with van der Waals surface area (Å²) in [5.41, 5.74) is -13.9. The maximum atomic E-state index is 13.3. The Morgan fingerprint density at radius 1 is 0.750 bits per heavy atom. The van der Waals surface area contributed by atoms with Crippen LogP contribution in [0.5, 0.6) is 0 Å². The van der Waals surface area contributed by atoms with Crippen LogP contribution in [-0.2, 0) is 11.1 Å². The Bertz CT molecular complexity index is 579. The lowest BCUT2D eigenvalue weighted by Crippen LogP contribution is -2.51. The van der Waals surface area contributed by atoms with Crippen LogP contribution in [0.15, 0.2) is 30.3 Å². The minimum Gasteiger partial charge on any atom is -0.293 e. The van der Waals surface area contributed by atoms with E-state index in [0.29, 0.717) is 5.09 Å². The predicted octanol–water partition coefficient (Wildman–Crippen LogP) is 5.36. The molecule has 0 bridgehead atoms. The molecule has 138 valence electrons. The number of hydrogen-bond acceptors (Lipinski definition) is 1. The van der Waals surface area contributed by atoms with Crippen molar-refractivity contribution >= 4 is 7.29 Å². The van der Waals surface area contributed by atoms with Crippen molar-refractivity contribution in [1.29, 1.82) is 0 Å². The maximum absolute atomic E-state index is 13.3. The molecule has 0 aliphatic carbocycles. The molecule has 13 heteroatoms. The lowest BCUT2D eigenvalue weighted by atomic mass is 10.2. The van der Waals surface area contributed by atoms with E-state index in [2.05, 4.69) is 0 Å². The highest BCUT2D eigenvalue weighted by molar-refractivity contribution is 7.64. The van der Waals surface area contributed by atoms with Crippen molar-refractivity contribution in [2.24, 2.45) is 0 Å². The molecule has 1 rings (SSSR count). The van der Waals surface area contributed by atoms with Crippen LogP contribution in [0.2, 0.25) is 0 Å². The van der Waals surface area contributed by atoms with Gasteiger partial charge in [-0.1, -0.05) is 30.3 Å².